The summed E-state index contributed by atoms with van der Waals surface area (Å²) in [5, 5.41) is 0. The lowest BCUT2D eigenvalue weighted by Gasteiger charge is -2.34. The van der Waals surface area contributed by atoms with Crippen LogP contribution in [-0.2, 0) is 4.79 Å². The van der Waals surface area contributed by atoms with E-state index in [0.717, 1.165) is 30.5 Å². The number of rotatable bonds is 3. The van der Waals surface area contributed by atoms with Crippen molar-refractivity contribution in [3.05, 3.63) is 29.8 Å². The van der Waals surface area contributed by atoms with E-state index in [0.29, 0.717) is 6.54 Å². The normalized spacial score (nSPS) is 16.2. The average Bonchev–Trinajstić information content (AvgIpc) is 2.32. The van der Waals surface area contributed by atoms with Gasteiger partial charge in [0.2, 0.25) is 0 Å². The Morgan fingerprint density at radius 1 is 1.35 bits per heavy atom. The Bertz CT molecular complexity index is 431. The van der Waals surface area contributed by atoms with Crippen molar-refractivity contribution in [1.29, 1.82) is 0 Å². The molecule has 1 saturated heterocycles. The molecule has 2 rings (SSSR count). The monoisotopic (exact) mass is 232 g/mol. The molecule has 90 valence electrons. The Labute approximate surface area is 101 Å². The summed E-state index contributed by atoms with van der Waals surface area (Å²) in [4.78, 5) is 25.9. The van der Waals surface area contributed by atoms with E-state index in [9.17, 15) is 9.59 Å². The fraction of sp³-hybridized carbons (Fsp3) is 0.385. The number of amides is 2. The Morgan fingerprint density at radius 2 is 2.18 bits per heavy atom. The second-order valence-corrected chi connectivity index (χ2v) is 4.24. The van der Waals surface area contributed by atoms with Crippen LogP contribution in [0.4, 0.5) is 10.5 Å². The highest BCUT2D eigenvalue weighted by Crippen LogP contribution is 2.20. The van der Waals surface area contributed by atoms with Crippen LogP contribution in [0.15, 0.2) is 24.3 Å². The molecule has 1 aliphatic rings. The van der Waals surface area contributed by atoms with Crippen LogP contribution in [0.1, 0.15) is 12.0 Å². The summed E-state index contributed by atoms with van der Waals surface area (Å²) in [5.74, 6) is 0. The van der Waals surface area contributed by atoms with E-state index < -0.39 is 0 Å². The Kier molecular flexibility index (Phi) is 3.42. The molecular formula is C13H16N2O2. The van der Waals surface area contributed by atoms with Crippen LogP contribution in [-0.4, -0.2) is 36.9 Å². The predicted molar refractivity (Wildman–Crippen MR) is 66.2 cm³/mol. The van der Waals surface area contributed by atoms with Gasteiger partial charge in [-0.3, -0.25) is 4.90 Å². The molecule has 1 fully saturated rings. The number of anilines is 1. The van der Waals surface area contributed by atoms with E-state index in [1.807, 2.05) is 31.2 Å². The molecule has 0 spiro atoms. The number of carbonyl (C=O) groups excluding carboxylic acids is 2. The smallest absolute Gasteiger partial charge is 0.317 e. The number of aryl methyl sites for hydroxylation is 1. The van der Waals surface area contributed by atoms with Crippen molar-refractivity contribution >= 4 is 18.0 Å². The molecule has 4 heteroatoms. The second kappa shape index (κ2) is 4.99. The van der Waals surface area contributed by atoms with Gasteiger partial charge in [0, 0.05) is 18.8 Å². The van der Waals surface area contributed by atoms with Gasteiger partial charge < -0.3 is 9.69 Å². The molecule has 0 N–H and O–H groups in total. The molecule has 1 aromatic rings. The fourth-order valence-electron chi connectivity index (χ4n) is 2.08. The molecule has 4 nitrogen and oxygen atoms in total. The average molecular weight is 232 g/mol. The van der Waals surface area contributed by atoms with Crippen LogP contribution in [0.2, 0.25) is 0 Å². The number of nitrogens with zero attached hydrogens (tertiary/aromatic N) is 2. The Morgan fingerprint density at radius 3 is 2.88 bits per heavy atom. The van der Waals surface area contributed by atoms with Gasteiger partial charge in [-0.05, 0) is 31.0 Å². The molecule has 1 aliphatic heterocycles. The molecule has 0 radical (unpaired) electrons. The van der Waals surface area contributed by atoms with Crippen molar-refractivity contribution in [2.75, 3.05) is 24.5 Å². The standard InChI is InChI=1S/C13H16N2O2/c1-11-4-2-5-12(10-11)15-7-3-6-14(8-9-16)13(15)17/h2,4-5,9-10H,3,6-8H2,1H3. The third-order valence-corrected chi connectivity index (χ3v) is 2.92. The van der Waals surface area contributed by atoms with Gasteiger partial charge in [-0.25, -0.2) is 4.79 Å². The molecule has 0 saturated carbocycles. The molecule has 0 aliphatic carbocycles. The number of aldehydes is 1. The van der Waals surface area contributed by atoms with E-state index in [1.165, 1.54) is 0 Å². The summed E-state index contributed by atoms with van der Waals surface area (Å²) in [7, 11) is 0. The van der Waals surface area contributed by atoms with Crippen LogP contribution in [0.3, 0.4) is 0 Å². The minimum Gasteiger partial charge on any atom is -0.317 e. The van der Waals surface area contributed by atoms with Crippen molar-refractivity contribution in [2.45, 2.75) is 13.3 Å². The van der Waals surface area contributed by atoms with Gasteiger partial charge in [-0.15, -0.1) is 0 Å². The molecule has 1 heterocycles. The van der Waals surface area contributed by atoms with Crippen LogP contribution in [0.5, 0.6) is 0 Å². The third-order valence-electron chi connectivity index (χ3n) is 2.92. The fourth-order valence-corrected chi connectivity index (χ4v) is 2.08. The van der Waals surface area contributed by atoms with Gasteiger partial charge in [-0.2, -0.15) is 0 Å². The lowest BCUT2D eigenvalue weighted by atomic mass is 10.2. The summed E-state index contributed by atoms with van der Waals surface area (Å²) in [6.07, 6.45) is 1.67. The zero-order valence-corrected chi connectivity index (χ0v) is 9.93. The molecule has 0 atom stereocenters. The van der Waals surface area contributed by atoms with Crippen molar-refractivity contribution in [3.63, 3.8) is 0 Å². The number of hydrogen-bond donors (Lipinski definition) is 0. The number of carbonyl (C=O) groups is 2. The van der Waals surface area contributed by atoms with Crippen LogP contribution in [0, 0.1) is 6.92 Å². The summed E-state index contributed by atoms with van der Waals surface area (Å²) < 4.78 is 0. The first-order chi connectivity index (χ1) is 8.22. The summed E-state index contributed by atoms with van der Waals surface area (Å²) in [5.41, 5.74) is 2.04. The maximum absolute atomic E-state index is 12.1. The molecule has 17 heavy (non-hydrogen) atoms. The summed E-state index contributed by atoms with van der Waals surface area (Å²) >= 11 is 0. The minimum atomic E-state index is -0.0750. The highest BCUT2D eigenvalue weighted by atomic mass is 16.2. The number of urea groups is 1. The molecule has 1 aromatic carbocycles. The highest BCUT2D eigenvalue weighted by molar-refractivity contribution is 5.93. The maximum Gasteiger partial charge on any atom is 0.324 e. The Hall–Kier alpha value is -1.84. The highest BCUT2D eigenvalue weighted by Gasteiger charge is 2.26. The molecule has 0 aromatic heterocycles. The predicted octanol–water partition coefficient (Wildman–Crippen LogP) is 1.83. The first kappa shape index (κ1) is 11.6. The van der Waals surface area contributed by atoms with Gasteiger partial charge in [0.05, 0.1) is 6.54 Å². The van der Waals surface area contributed by atoms with Crippen LogP contribution in [0.25, 0.3) is 0 Å². The lowest BCUT2D eigenvalue weighted by Crippen LogP contribution is -2.50. The zero-order valence-electron chi connectivity index (χ0n) is 9.93. The van der Waals surface area contributed by atoms with Gasteiger partial charge in [-0.1, -0.05) is 12.1 Å². The Balaban J connectivity index is 2.20. The van der Waals surface area contributed by atoms with Gasteiger partial charge in [0.15, 0.2) is 0 Å². The van der Waals surface area contributed by atoms with E-state index in [1.54, 1.807) is 9.80 Å². The SMILES string of the molecule is Cc1cccc(N2CCCN(CC=O)C2=O)c1. The number of hydrogen-bond acceptors (Lipinski definition) is 2. The largest absolute Gasteiger partial charge is 0.324 e. The maximum atomic E-state index is 12.1. The summed E-state index contributed by atoms with van der Waals surface area (Å²) in [6, 6.07) is 7.78. The van der Waals surface area contributed by atoms with E-state index in [-0.39, 0.29) is 12.6 Å². The van der Waals surface area contributed by atoms with Crippen molar-refractivity contribution in [1.82, 2.24) is 4.90 Å². The van der Waals surface area contributed by atoms with Crippen molar-refractivity contribution in [3.8, 4) is 0 Å². The van der Waals surface area contributed by atoms with Crippen molar-refractivity contribution in [2.24, 2.45) is 0 Å². The third kappa shape index (κ3) is 2.46. The minimum absolute atomic E-state index is 0.0750. The molecular weight excluding hydrogens is 216 g/mol. The van der Waals surface area contributed by atoms with E-state index >= 15 is 0 Å². The first-order valence-electron chi connectivity index (χ1n) is 5.79. The first-order valence-corrected chi connectivity index (χ1v) is 5.79. The number of benzene rings is 1. The molecule has 0 bridgehead atoms. The second-order valence-electron chi connectivity index (χ2n) is 4.24. The lowest BCUT2D eigenvalue weighted by molar-refractivity contribution is -0.108. The van der Waals surface area contributed by atoms with E-state index in [4.69, 9.17) is 0 Å². The van der Waals surface area contributed by atoms with Crippen LogP contribution < -0.4 is 4.90 Å². The topological polar surface area (TPSA) is 40.6 Å². The molecule has 2 amide bonds. The zero-order chi connectivity index (χ0) is 12.3. The molecule has 0 unspecified atom stereocenters. The van der Waals surface area contributed by atoms with Crippen molar-refractivity contribution < 1.29 is 9.59 Å². The van der Waals surface area contributed by atoms with Gasteiger partial charge in [0.1, 0.15) is 6.29 Å². The quantitative estimate of drug-likeness (QED) is 0.746. The van der Waals surface area contributed by atoms with Gasteiger partial charge >= 0.3 is 6.03 Å². The van der Waals surface area contributed by atoms with Gasteiger partial charge in [0.25, 0.3) is 0 Å². The van der Waals surface area contributed by atoms with E-state index in [2.05, 4.69) is 0 Å². The van der Waals surface area contributed by atoms with Crippen LogP contribution >= 0.6 is 0 Å². The summed E-state index contributed by atoms with van der Waals surface area (Å²) in [6.45, 7) is 3.57.